The van der Waals surface area contributed by atoms with Crippen LogP contribution in [-0.2, 0) is 4.79 Å². The maximum Gasteiger partial charge on any atom is 0.259 e. The van der Waals surface area contributed by atoms with Crippen molar-refractivity contribution in [3.05, 3.63) is 50.4 Å². The van der Waals surface area contributed by atoms with E-state index in [0.717, 1.165) is 25.8 Å². The minimum atomic E-state index is -0.263. The van der Waals surface area contributed by atoms with Gasteiger partial charge in [-0.3, -0.25) is 4.79 Å². The number of methoxy groups -OCH3 is 2. The molecule has 0 atom stereocenters. The molecule has 6 nitrogen and oxygen atoms in total. The van der Waals surface area contributed by atoms with Crippen LogP contribution >= 0.6 is 31.9 Å². The lowest BCUT2D eigenvalue weighted by Gasteiger charge is -2.12. The fraction of sp³-hybridized carbons (Fsp3) is 0.263. The largest absolute Gasteiger partial charge is 0.497 e. The molecule has 2 rings (SSSR count). The molecule has 0 radical (unpaired) electrons. The highest BCUT2D eigenvalue weighted by Crippen LogP contribution is 2.32. The fourth-order valence-electron chi connectivity index (χ4n) is 2.38. The van der Waals surface area contributed by atoms with Crippen molar-refractivity contribution in [1.82, 2.24) is 5.43 Å². The molecule has 0 fully saturated rings. The Kier molecular flexibility index (Phi) is 7.67. The lowest BCUT2D eigenvalue weighted by atomic mass is 10.1. The van der Waals surface area contributed by atoms with Gasteiger partial charge in [-0.25, -0.2) is 5.43 Å². The van der Waals surface area contributed by atoms with Crippen molar-refractivity contribution in [3.8, 4) is 11.5 Å². The molecule has 0 saturated heterocycles. The highest BCUT2D eigenvalue weighted by Gasteiger charge is 2.10. The van der Waals surface area contributed by atoms with Crippen LogP contribution in [0.3, 0.4) is 0 Å². The van der Waals surface area contributed by atoms with Gasteiger partial charge in [0, 0.05) is 20.6 Å². The summed E-state index contributed by atoms with van der Waals surface area (Å²) in [7, 11) is 3.17. The molecule has 1 amide bonds. The number of rotatable bonds is 7. The van der Waals surface area contributed by atoms with Crippen molar-refractivity contribution >= 4 is 49.2 Å². The summed E-state index contributed by atoms with van der Waals surface area (Å²) in [4.78, 5) is 12.1. The average Bonchev–Trinajstić information content (AvgIpc) is 2.64. The zero-order valence-corrected chi connectivity index (χ0v) is 18.7. The van der Waals surface area contributed by atoms with E-state index in [0.29, 0.717) is 17.2 Å². The second kappa shape index (κ2) is 9.75. The summed E-state index contributed by atoms with van der Waals surface area (Å²) in [5.74, 6) is 1.04. The summed E-state index contributed by atoms with van der Waals surface area (Å²) in [5.41, 5.74) is 5.87. The van der Waals surface area contributed by atoms with Crippen LogP contribution in [-0.4, -0.2) is 32.4 Å². The number of anilines is 1. The minimum absolute atomic E-state index is 0.0801. The van der Waals surface area contributed by atoms with E-state index in [1.165, 1.54) is 0 Å². The highest BCUT2D eigenvalue weighted by molar-refractivity contribution is 9.11. The van der Waals surface area contributed by atoms with Crippen LogP contribution in [0.4, 0.5) is 5.69 Å². The zero-order valence-electron chi connectivity index (χ0n) is 15.5. The van der Waals surface area contributed by atoms with Crippen LogP contribution in [0.1, 0.15) is 18.1 Å². The second-order valence-corrected chi connectivity index (χ2v) is 7.46. The van der Waals surface area contributed by atoms with Crippen molar-refractivity contribution in [1.29, 1.82) is 0 Å². The fourth-order valence-corrected chi connectivity index (χ4v) is 4.08. The number of hydrazone groups is 1. The van der Waals surface area contributed by atoms with Crippen LogP contribution in [0.5, 0.6) is 11.5 Å². The Bertz CT molecular complexity index is 846. The molecule has 0 aromatic heterocycles. The molecule has 2 aromatic rings. The number of halogens is 2. The molecule has 27 heavy (non-hydrogen) atoms. The predicted molar refractivity (Wildman–Crippen MR) is 115 cm³/mol. The molecule has 2 aromatic carbocycles. The highest BCUT2D eigenvalue weighted by atomic mass is 79.9. The van der Waals surface area contributed by atoms with Crippen molar-refractivity contribution in [3.63, 3.8) is 0 Å². The van der Waals surface area contributed by atoms with E-state index in [4.69, 9.17) is 9.47 Å². The van der Waals surface area contributed by atoms with Gasteiger partial charge >= 0.3 is 0 Å². The number of nitrogens with zero attached hydrogens (tertiary/aromatic N) is 1. The molecular weight excluding hydrogens is 478 g/mol. The van der Waals surface area contributed by atoms with Crippen LogP contribution in [0, 0.1) is 6.92 Å². The Balaban J connectivity index is 2.02. The number of aryl methyl sites for hydroxylation is 1. The van der Waals surface area contributed by atoms with Gasteiger partial charge in [-0.1, -0.05) is 0 Å². The van der Waals surface area contributed by atoms with Crippen LogP contribution < -0.4 is 20.2 Å². The molecule has 0 aliphatic carbocycles. The summed E-state index contributed by atoms with van der Waals surface area (Å²) in [5, 5.41) is 7.26. The van der Waals surface area contributed by atoms with Gasteiger partial charge in [-0.15, -0.1) is 0 Å². The van der Waals surface area contributed by atoms with Gasteiger partial charge in [-0.05, 0) is 75.5 Å². The maximum atomic E-state index is 12.1. The van der Waals surface area contributed by atoms with E-state index in [-0.39, 0.29) is 12.5 Å². The molecule has 0 unspecified atom stereocenters. The third-order valence-electron chi connectivity index (χ3n) is 3.76. The first-order valence-corrected chi connectivity index (χ1v) is 9.69. The Morgan fingerprint density at radius 2 is 1.78 bits per heavy atom. The van der Waals surface area contributed by atoms with Gasteiger partial charge in [0.05, 0.1) is 32.2 Å². The van der Waals surface area contributed by atoms with E-state index in [2.05, 4.69) is 47.7 Å². The number of hydrogen-bond donors (Lipinski definition) is 2. The molecule has 0 bridgehead atoms. The number of ether oxygens (including phenoxy) is 2. The van der Waals surface area contributed by atoms with Crippen molar-refractivity contribution in [2.45, 2.75) is 13.8 Å². The average molecular weight is 499 g/mol. The number of nitrogens with one attached hydrogen (secondary N) is 2. The van der Waals surface area contributed by atoms with Gasteiger partial charge < -0.3 is 14.8 Å². The maximum absolute atomic E-state index is 12.1. The standard InChI is InChI=1S/C19H21Br2N3O3/c1-11-7-15(20)19(16(21)8-11)22-10-18(25)24-23-12(2)14-6-5-13(26-3)9-17(14)27-4/h5-9,22H,10H2,1-4H3,(H,24,25)/b23-12-. The molecule has 2 N–H and O–H groups in total. The predicted octanol–water partition coefficient (Wildman–Crippen LogP) is 4.49. The van der Waals surface area contributed by atoms with E-state index < -0.39 is 0 Å². The van der Waals surface area contributed by atoms with E-state index in [1.807, 2.05) is 31.2 Å². The Morgan fingerprint density at radius 3 is 2.37 bits per heavy atom. The smallest absolute Gasteiger partial charge is 0.259 e. The van der Waals surface area contributed by atoms with Gasteiger partial charge in [0.2, 0.25) is 0 Å². The number of hydrogen-bond acceptors (Lipinski definition) is 5. The zero-order chi connectivity index (χ0) is 20.0. The first-order valence-electron chi connectivity index (χ1n) is 8.10. The first kappa shape index (κ1) is 21.2. The molecule has 0 saturated carbocycles. The van der Waals surface area contributed by atoms with E-state index >= 15 is 0 Å². The Labute approximate surface area is 175 Å². The van der Waals surface area contributed by atoms with Gasteiger partial charge in [0.25, 0.3) is 5.91 Å². The second-order valence-electron chi connectivity index (χ2n) is 5.76. The molecule has 0 spiro atoms. The van der Waals surface area contributed by atoms with Crippen LogP contribution in [0.2, 0.25) is 0 Å². The summed E-state index contributed by atoms with van der Waals surface area (Å²) in [6.07, 6.45) is 0. The number of carbonyl (C=O) groups excluding carboxylic acids is 1. The Morgan fingerprint density at radius 1 is 1.11 bits per heavy atom. The topological polar surface area (TPSA) is 72.0 Å². The van der Waals surface area contributed by atoms with Crippen molar-refractivity contribution in [2.75, 3.05) is 26.1 Å². The molecule has 144 valence electrons. The monoisotopic (exact) mass is 497 g/mol. The minimum Gasteiger partial charge on any atom is -0.497 e. The third kappa shape index (κ3) is 5.71. The third-order valence-corrected chi connectivity index (χ3v) is 5.01. The Hall–Kier alpha value is -2.06. The SMILES string of the molecule is COc1ccc(/C(C)=N\NC(=O)CNc2c(Br)cc(C)cc2Br)c(OC)c1. The molecule has 0 aliphatic heterocycles. The first-order chi connectivity index (χ1) is 12.8. The summed E-state index contributed by atoms with van der Waals surface area (Å²) < 4.78 is 12.3. The lowest BCUT2D eigenvalue weighted by Crippen LogP contribution is -2.27. The summed E-state index contributed by atoms with van der Waals surface area (Å²) >= 11 is 6.99. The normalized spacial score (nSPS) is 11.1. The quantitative estimate of drug-likeness (QED) is 0.435. The van der Waals surface area contributed by atoms with Crippen molar-refractivity contribution in [2.24, 2.45) is 5.10 Å². The molecule has 0 aliphatic rings. The summed E-state index contributed by atoms with van der Waals surface area (Å²) in [6, 6.07) is 9.37. The van der Waals surface area contributed by atoms with Crippen molar-refractivity contribution < 1.29 is 14.3 Å². The van der Waals surface area contributed by atoms with Gasteiger partial charge in [0.15, 0.2) is 0 Å². The molecule has 0 heterocycles. The summed E-state index contributed by atoms with van der Waals surface area (Å²) in [6.45, 7) is 3.87. The molecule has 8 heteroatoms. The van der Waals surface area contributed by atoms with E-state index in [1.54, 1.807) is 27.2 Å². The van der Waals surface area contributed by atoms with Gasteiger partial charge in [0.1, 0.15) is 11.5 Å². The number of benzene rings is 2. The molecular formula is C19H21Br2N3O3. The lowest BCUT2D eigenvalue weighted by molar-refractivity contribution is -0.119. The van der Waals surface area contributed by atoms with Gasteiger partial charge in [-0.2, -0.15) is 5.10 Å². The van der Waals surface area contributed by atoms with Crippen LogP contribution in [0.15, 0.2) is 44.4 Å². The number of amides is 1. The number of carbonyl (C=O) groups is 1. The van der Waals surface area contributed by atoms with Crippen LogP contribution in [0.25, 0.3) is 0 Å². The van der Waals surface area contributed by atoms with E-state index in [9.17, 15) is 4.79 Å².